The Hall–Kier alpha value is -2.93. The number of aliphatic hydroxyl groups excluding tert-OH is 1. The summed E-state index contributed by atoms with van der Waals surface area (Å²) in [5.74, 6) is 0. The standard InChI is InChI=1S/C17H19N3O4/c21-10-9-19(13-14-5-2-1-3-6-14)17(22)18-12-15-7-4-8-16(11-15)20(23)24/h1-8,11,21H,9-10,12-13H2,(H,18,22). The summed E-state index contributed by atoms with van der Waals surface area (Å²) in [4.78, 5) is 24.1. The van der Waals surface area contributed by atoms with Gasteiger partial charge in [-0.25, -0.2) is 4.79 Å². The van der Waals surface area contributed by atoms with E-state index in [4.69, 9.17) is 5.11 Å². The van der Waals surface area contributed by atoms with Crippen molar-refractivity contribution in [3.05, 3.63) is 75.8 Å². The van der Waals surface area contributed by atoms with Crippen molar-refractivity contribution in [2.24, 2.45) is 0 Å². The maximum Gasteiger partial charge on any atom is 0.318 e. The monoisotopic (exact) mass is 329 g/mol. The van der Waals surface area contributed by atoms with Gasteiger partial charge in [-0.15, -0.1) is 0 Å². The van der Waals surface area contributed by atoms with Crippen molar-refractivity contribution in [3.8, 4) is 0 Å². The van der Waals surface area contributed by atoms with Gasteiger partial charge in [-0.3, -0.25) is 10.1 Å². The Balaban J connectivity index is 1.97. The molecule has 0 aromatic heterocycles. The molecule has 0 saturated heterocycles. The van der Waals surface area contributed by atoms with Crippen molar-refractivity contribution in [2.75, 3.05) is 13.2 Å². The number of aliphatic hydroxyl groups is 1. The Kier molecular flexibility index (Phi) is 6.27. The number of hydrogen-bond donors (Lipinski definition) is 2. The van der Waals surface area contributed by atoms with Crippen molar-refractivity contribution in [2.45, 2.75) is 13.1 Å². The Labute approximate surface area is 139 Å². The third-order valence-electron chi connectivity index (χ3n) is 3.44. The molecule has 24 heavy (non-hydrogen) atoms. The highest BCUT2D eigenvalue weighted by Gasteiger charge is 2.13. The van der Waals surface area contributed by atoms with Crippen LogP contribution < -0.4 is 5.32 Å². The average molecular weight is 329 g/mol. The van der Waals surface area contributed by atoms with Crippen LogP contribution in [0.1, 0.15) is 11.1 Å². The summed E-state index contributed by atoms with van der Waals surface area (Å²) >= 11 is 0. The molecule has 126 valence electrons. The van der Waals surface area contributed by atoms with Gasteiger partial charge in [0, 0.05) is 31.8 Å². The molecule has 2 N–H and O–H groups in total. The molecule has 2 rings (SSSR count). The largest absolute Gasteiger partial charge is 0.395 e. The molecule has 0 radical (unpaired) electrons. The van der Waals surface area contributed by atoms with Crippen LogP contribution in [-0.4, -0.2) is 34.1 Å². The van der Waals surface area contributed by atoms with Gasteiger partial charge >= 0.3 is 6.03 Å². The van der Waals surface area contributed by atoms with Crippen LogP contribution in [0, 0.1) is 10.1 Å². The molecule has 0 unspecified atom stereocenters. The zero-order valence-electron chi connectivity index (χ0n) is 13.1. The third kappa shape index (κ3) is 5.06. The van der Waals surface area contributed by atoms with Crippen LogP contribution in [0.4, 0.5) is 10.5 Å². The first-order valence-corrected chi connectivity index (χ1v) is 7.51. The number of nitro groups is 1. The highest BCUT2D eigenvalue weighted by molar-refractivity contribution is 5.74. The smallest absolute Gasteiger partial charge is 0.318 e. The maximum atomic E-state index is 12.3. The normalized spacial score (nSPS) is 10.2. The Morgan fingerprint density at radius 1 is 1.12 bits per heavy atom. The second-order valence-corrected chi connectivity index (χ2v) is 5.22. The number of nitrogens with zero attached hydrogens (tertiary/aromatic N) is 2. The number of non-ortho nitro benzene ring substituents is 1. The molecule has 2 aromatic rings. The van der Waals surface area contributed by atoms with Crippen molar-refractivity contribution in [1.82, 2.24) is 10.2 Å². The summed E-state index contributed by atoms with van der Waals surface area (Å²) in [6.45, 7) is 0.617. The maximum absolute atomic E-state index is 12.3. The molecule has 2 amide bonds. The lowest BCUT2D eigenvalue weighted by molar-refractivity contribution is -0.384. The molecule has 0 bridgehead atoms. The molecule has 0 aliphatic rings. The number of rotatable bonds is 7. The summed E-state index contributed by atoms with van der Waals surface area (Å²) in [6, 6.07) is 15.2. The molecule has 0 aliphatic heterocycles. The molecule has 7 nitrogen and oxygen atoms in total. The van der Waals surface area contributed by atoms with Gasteiger partial charge in [0.1, 0.15) is 0 Å². The lowest BCUT2D eigenvalue weighted by atomic mass is 10.2. The lowest BCUT2D eigenvalue weighted by Crippen LogP contribution is -2.40. The molecule has 0 fully saturated rings. The fraction of sp³-hybridized carbons (Fsp3) is 0.235. The van der Waals surface area contributed by atoms with Crippen LogP contribution in [0.5, 0.6) is 0 Å². The zero-order chi connectivity index (χ0) is 17.4. The Morgan fingerprint density at radius 2 is 1.83 bits per heavy atom. The lowest BCUT2D eigenvalue weighted by Gasteiger charge is -2.22. The fourth-order valence-electron chi connectivity index (χ4n) is 2.25. The van der Waals surface area contributed by atoms with E-state index < -0.39 is 4.92 Å². The first kappa shape index (κ1) is 17.4. The number of nitrogens with one attached hydrogen (secondary N) is 1. The minimum atomic E-state index is -0.473. The highest BCUT2D eigenvalue weighted by Crippen LogP contribution is 2.13. The summed E-state index contributed by atoms with van der Waals surface area (Å²) in [6.07, 6.45) is 0. The second-order valence-electron chi connectivity index (χ2n) is 5.22. The SMILES string of the molecule is O=C(NCc1cccc([N+](=O)[O-])c1)N(CCO)Cc1ccccc1. The zero-order valence-corrected chi connectivity index (χ0v) is 13.1. The van der Waals surface area contributed by atoms with Crippen molar-refractivity contribution in [1.29, 1.82) is 0 Å². The van der Waals surface area contributed by atoms with E-state index in [2.05, 4.69) is 5.32 Å². The van der Waals surface area contributed by atoms with E-state index in [-0.39, 0.29) is 31.4 Å². The van der Waals surface area contributed by atoms with Crippen LogP contribution >= 0.6 is 0 Å². The molecule has 0 spiro atoms. The second kappa shape index (κ2) is 8.64. The van der Waals surface area contributed by atoms with E-state index >= 15 is 0 Å². The first-order valence-electron chi connectivity index (χ1n) is 7.51. The number of amides is 2. The van der Waals surface area contributed by atoms with E-state index in [1.807, 2.05) is 30.3 Å². The highest BCUT2D eigenvalue weighted by atomic mass is 16.6. The molecule has 7 heteroatoms. The van der Waals surface area contributed by atoms with Gasteiger partial charge in [-0.2, -0.15) is 0 Å². The predicted molar refractivity (Wildman–Crippen MR) is 89.3 cm³/mol. The van der Waals surface area contributed by atoms with Crippen LogP contribution in [0.15, 0.2) is 54.6 Å². The van der Waals surface area contributed by atoms with Crippen LogP contribution in [0.3, 0.4) is 0 Å². The molecular formula is C17H19N3O4. The number of nitro benzene ring substituents is 1. The van der Waals surface area contributed by atoms with Crippen LogP contribution in [0.2, 0.25) is 0 Å². The molecular weight excluding hydrogens is 310 g/mol. The van der Waals surface area contributed by atoms with Gasteiger partial charge in [0.05, 0.1) is 11.5 Å². The third-order valence-corrected chi connectivity index (χ3v) is 3.44. The number of carbonyl (C=O) groups excluding carboxylic acids is 1. The van der Waals surface area contributed by atoms with Crippen molar-refractivity contribution < 1.29 is 14.8 Å². The van der Waals surface area contributed by atoms with E-state index in [0.717, 1.165) is 5.56 Å². The molecule has 0 heterocycles. The van der Waals surface area contributed by atoms with E-state index in [9.17, 15) is 14.9 Å². The van der Waals surface area contributed by atoms with Gasteiger partial charge in [0.15, 0.2) is 0 Å². The van der Waals surface area contributed by atoms with Crippen molar-refractivity contribution in [3.63, 3.8) is 0 Å². The summed E-state index contributed by atoms with van der Waals surface area (Å²) < 4.78 is 0. The molecule has 0 atom stereocenters. The number of carbonyl (C=O) groups is 1. The van der Waals surface area contributed by atoms with E-state index in [1.165, 1.54) is 17.0 Å². The number of urea groups is 1. The molecule has 2 aromatic carbocycles. The minimum Gasteiger partial charge on any atom is -0.395 e. The number of hydrogen-bond acceptors (Lipinski definition) is 4. The quantitative estimate of drug-likeness (QED) is 0.602. The average Bonchev–Trinajstić information content (AvgIpc) is 2.60. The van der Waals surface area contributed by atoms with Gasteiger partial charge in [0.2, 0.25) is 0 Å². The van der Waals surface area contributed by atoms with Gasteiger partial charge < -0.3 is 15.3 Å². The number of benzene rings is 2. The summed E-state index contributed by atoms with van der Waals surface area (Å²) in [5, 5.41) is 22.6. The van der Waals surface area contributed by atoms with E-state index in [0.29, 0.717) is 12.1 Å². The Bertz CT molecular complexity index is 691. The fourth-order valence-corrected chi connectivity index (χ4v) is 2.25. The van der Waals surface area contributed by atoms with Crippen LogP contribution in [-0.2, 0) is 13.1 Å². The summed E-state index contributed by atoms with van der Waals surface area (Å²) in [5.41, 5.74) is 1.58. The van der Waals surface area contributed by atoms with Gasteiger partial charge in [0.25, 0.3) is 5.69 Å². The van der Waals surface area contributed by atoms with Crippen LogP contribution in [0.25, 0.3) is 0 Å². The molecule has 0 aliphatic carbocycles. The topological polar surface area (TPSA) is 95.7 Å². The van der Waals surface area contributed by atoms with E-state index in [1.54, 1.807) is 12.1 Å². The Morgan fingerprint density at radius 3 is 2.50 bits per heavy atom. The van der Waals surface area contributed by atoms with Crippen molar-refractivity contribution >= 4 is 11.7 Å². The summed E-state index contributed by atoms with van der Waals surface area (Å²) in [7, 11) is 0. The first-order chi connectivity index (χ1) is 11.6. The predicted octanol–water partition coefficient (Wildman–Crippen LogP) is 2.30. The van der Waals surface area contributed by atoms with Gasteiger partial charge in [-0.05, 0) is 11.1 Å². The molecule has 0 saturated carbocycles. The van der Waals surface area contributed by atoms with Gasteiger partial charge in [-0.1, -0.05) is 42.5 Å². The minimum absolute atomic E-state index is 0.0155.